The highest BCUT2D eigenvalue weighted by Gasteiger charge is 2.34. The molecule has 28 heavy (non-hydrogen) atoms. The quantitative estimate of drug-likeness (QED) is 0.536. The molecule has 1 atom stereocenters. The molecular weight excluding hydrogens is 436 g/mol. The van der Waals surface area contributed by atoms with Gasteiger partial charge < -0.3 is 14.5 Å². The van der Waals surface area contributed by atoms with Crippen LogP contribution in [0.5, 0.6) is 5.75 Å². The van der Waals surface area contributed by atoms with Gasteiger partial charge in [-0.1, -0.05) is 27.7 Å². The Hall–Kier alpha value is -0.720. The maximum atomic E-state index is 12.2. The summed E-state index contributed by atoms with van der Waals surface area (Å²) in [6, 6.07) is 6.27. The lowest BCUT2D eigenvalue weighted by atomic mass is 9.90. The molecule has 3 fully saturated rings. The van der Waals surface area contributed by atoms with Gasteiger partial charge in [-0.15, -0.1) is 0 Å². The highest BCUT2D eigenvalue weighted by Crippen LogP contribution is 2.35. The summed E-state index contributed by atoms with van der Waals surface area (Å²) in [5.41, 5.74) is 1.36. The molecule has 2 aliphatic heterocycles. The zero-order valence-electron chi connectivity index (χ0n) is 16.7. The summed E-state index contributed by atoms with van der Waals surface area (Å²) in [6.07, 6.45) is 7.42. The number of likely N-dealkylation sites (tertiary alicyclic amines) is 1. The third-order valence-electron chi connectivity index (χ3n) is 6.36. The van der Waals surface area contributed by atoms with E-state index in [-0.39, 0.29) is 0 Å². The van der Waals surface area contributed by atoms with Gasteiger partial charge in [0, 0.05) is 22.8 Å². The van der Waals surface area contributed by atoms with Gasteiger partial charge in [-0.05, 0) is 93.8 Å². The Labute approximate surface area is 181 Å². The first-order valence-corrected chi connectivity index (χ1v) is 12.3. The molecule has 0 radical (unpaired) electrons. The Morgan fingerprint density at radius 1 is 1.18 bits per heavy atom. The molecule has 1 aliphatic carbocycles. The van der Waals surface area contributed by atoms with Gasteiger partial charge in [0.05, 0.1) is 7.11 Å². The van der Waals surface area contributed by atoms with E-state index in [9.17, 15) is 4.79 Å². The molecule has 154 valence electrons. The van der Waals surface area contributed by atoms with Gasteiger partial charge in [0.1, 0.15) is 5.75 Å². The maximum absolute atomic E-state index is 12.2. The third-order valence-corrected chi connectivity index (χ3v) is 8.31. The van der Waals surface area contributed by atoms with Gasteiger partial charge in [0.2, 0.25) is 0 Å². The number of hydrogen-bond donors (Lipinski definition) is 0. The second-order valence-corrected chi connectivity index (χ2v) is 10.7. The number of amides is 1. The van der Waals surface area contributed by atoms with Crippen LogP contribution in [0.2, 0.25) is 0 Å². The predicted octanol–water partition coefficient (Wildman–Crippen LogP) is 5.05. The summed E-state index contributed by atoms with van der Waals surface area (Å²) in [4.78, 5) is 16.9. The zero-order chi connectivity index (χ0) is 19.5. The Kier molecular flexibility index (Phi) is 6.90. The highest BCUT2D eigenvalue weighted by molar-refractivity contribution is 9.10. The van der Waals surface area contributed by atoms with E-state index < -0.39 is 0 Å². The number of benzene rings is 1. The SMILES string of the molecule is COc1ccc(Br)c(CC2CCN(CCC3CN(CC4CC4)C(=O)S3)CC2)c1. The van der Waals surface area contributed by atoms with Crippen molar-refractivity contribution >= 4 is 32.9 Å². The van der Waals surface area contributed by atoms with E-state index in [1.54, 1.807) is 18.9 Å². The van der Waals surface area contributed by atoms with Crippen molar-refractivity contribution in [2.45, 2.75) is 43.8 Å². The highest BCUT2D eigenvalue weighted by atomic mass is 79.9. The van der Waals surface area contributed by atoms with Crippen molar-refractivity contribution in [3.05, 3.63) is 28.2 Å². The molecule has 4 rings (SSSR count). The topological polar surface area (TPSA) is 32.8 Å². The number of rotatable bonds is 8. The van der Waals surface area contributed by atoms with Crippen molar-refractivity contribution in [3.63, 3.8) is 0 Å². The first kappa shape index (κ1) is 20.5. The Bertz CT molecular complexity index is 689. The number of ether oxygens (including phenoxy) is 1. The third kappa shape index (κ3) is 5.45. The van der Waals surface area contributed by atoms with E-state index in [1.165, 1.54) is 48.8 Å². The number of halogens is 1. The molecule has 1 aromatic rings. The first-order valence-electron chi connectivity index (χ1n) is 10.6. The lowest BCUT2D eigenvalue weighted by molar-refractivity contribution is 0.180. The Morgan fingerprint density at radius 2 is 1.96 bits per heavy atom. The average Bonchev–Trinajstić information content (AvgIpc) is 3.45. The van der Waals surface area contributed by atoms with Crippen LogP contribution in [0.1, 0.15) is 37.7 Å². The molecule has 1 amide bonds. The number of hydrogen-bond acceptors (Lipinski definition) is 4. The monoisotopic (exact) mass is 466 g/mol. The van der Waals surface area contributed by atoms with Crippen LogP contribution in [0.3, 0.4) is 0 Å². The van der Waals surface area contributed by atoms with Crippen LogP contribution in [0.15, 0.2) is 22.7 Å². The van der Waals surface area contributed by atoms with Crippen LogP contribution < -0.4 is 4.74 Å². The van der Waals surface area contributed by atoms with E-state index in [4.69, 9.17) is 4.74 Å². The lowest BCUT2D eigenvalue weighted by Crippen LogP contribution is -2.36. The number of carbonyl (C=O) groups is 1. The minimum atomic E-state index is 0.319. The lowest BCUT2D eigenvalue weighted by Gasteiger charge is -2.32. The summed E-state index contributed by atoms with van der Waals surface area (Å²) in [6.45, 7) is 5.48. The summed E-state index contributed by atoms with van der Waals surface area (Å²) in [5, 5.41) is 0.816. The second kappa shape index (κ2) is 9.40. The van der Waals surface area contributed by atoms with Crippen LogP contribution in [-0.2, 0) is 6.42 Å². The van der Waals surface area contributed by atoms with Gasteiger partial charge in [-0.2, -0.15) is 0 Å². The van der Waals surface area contributed by atoms with E-state index in [2.05, 4.69) is 37.9 Å². The second-order valence-electron chi connectivity index (χ2n) is 8.59. The molecule has 1 aromatic carbocycles. The number of thioether (sulfide) groups is 1. The van der Waals surface area contributed by atoms with Gasteiger partial charge in [-0.3, -0.25) is 4.79 Å². The Morgan fingerprint density at radius 3 is 2.68 bits per heavy atom. The number of nitrogens with zero attached hydrogens (tertiary/aromatic N) is 2. The molecule has 6 heteroatoms. The number of piperidine rings is 1. The van der Waals surface area contributed by atoms with Crippen LogP contribution >= 0.6 is 27.7 Å². The number of methoxy groups -OCH3 is 1. The van der Waals surface area contributed by atoms with Gasteiger partial charge >= 0.3 is 0 Å². The van der Waals surface area contributed by atoms with Gasteiger partial charge in [0.25, 0.3) is 5.24 Å². The molecular formula is C22H31BrN2O2S. The summed E-state index contributed by atoms with van der Waals surface area (Å²) in [7, 11) is 1.73. The van der Waals surface area contributed by atoms with E-state index in [0.29, 0.717) is 10.5 Å². The van der Waals surface area contributed by atoms with Crippen LogP contribution in [0, 0.1) is 11.8 Å². The zero-order valence-corrected chi connectivity index (χ0v) is 19.1. The van der Waals surface area contributed by atoms with Crippen molar-refractivity contribution in [3.8, 4) is 5.75 Å². The van der Waals surface area contributed by atoms with E-state index in [0.717, 1.165) is 50.1 Å². The van der Waals surface area contributed by atoms with Crippen LogP contribution in [-0.4, -0.2) is 60.1 Å². The van der Waals surface area contributed by atoms with Crippen molar-refractivity contribution < 1.29 is 9.53 Å². The molecule has 1 unspecified atom stereocenters. The molecule has 1 saturated carbocycles. The summed E-state index contributed by atoms with van der Waals surface area (Å²) < 4.78 is 6.57. The molecule has 2 heterocycles. The van der Waals surface area contributed by atoms with Crippen molar-refractivity contribution in [1.29, 1.82) is 0 Å². The first-order chi connectivity index (χ1) is 13.6. The van der Waals surface area contributed by atoms with E-state index >= 15 is 0 Å². The normalized spacial score (nSPS) is 24.1. The van der Waals surface area contributed by atoms with Gasteiger partial charge in [-0.25, -0.2) is 0 Å². The standard InChI is InChI=1S/C22H31BrN2O2S/c1-27-19-4-5-21(23)18(13-19)12-16-6-9-24(10-7-16)11-8-20-15-25(22(26)28-20)14-17-2-3-17/h4-5,13,16-17,20H,2-3,6-12,14-15H2,1H3. The molecule has 0 bridgehead atoms. The van der Waals surface area contributed by atoms with Crippen molar-refractivity contribution in [1.82, 2.24) is 9.80 Å². The van der Waals surface area contributed by atoms with Crippen molar-refractivity contribution in [2.24, 2.45) is 11.8 Å². The maximum Gasteiger partial charge on any atom is 0.282 e. The van der Waals surface area contributed by atoms with Gasteiger partial charge in [0.15, 0.2) is 0 Å². The minimum absolute atomic E-state index is 0.319. The largest absolute Gasteiger partial charge is 0.497 e. The van der Waals surface area contributed by atoms with Crippen LogP contribution in [0.4, 0.5) is 4.79 Å². The minimum Gasteiger partial charge on any atom is -0.497 e. The fourth-order valence-corrected chi connectivity index (χ4v) is 5.84. The van der Waals surface area contributed by atoms with E-state index in [1.807, 2.05) is 6.07 Å². The summed E-state index contributed by atoms with van der Waals surface area (Å²) in [5.74, 6) is 2.48. The molecule has 0 spiro atoms. The Balaban J connectivity index is 1.18. The van der Waals surface area contributed by atoms with Crippen LogP contribution in [0.25, 0.3) is 0 Å². The smallest absolute Gasteiger partial charge is 0.282 e. The molecule has 4 nitrogen and oxygen atoms in total. The predicted molar refractivity (Wildman–Crippen MR) is 119 cm³/mol. The molecule has 0 aromatic heterocycles. The summed E-state index contributed by atoms with van der Waals surface area (Å²) >= 11 is 5.27. The molecule has 3 aliphatic rings. The van der Waals surface area contributed by atoms with Crippen molar-refractivity contribution in [2.75, 3.05) is 39.8 Å². The number of carbonyl (C=O) groups excluding carboxylic acids is 1. The molecule has 2 saturated heterocycles. The average molecular weight is 467 g/mol. The fraction of sp³-hybridized carbons (Fsp3) is 0.682. The molecule has 0 N–H and O–H groups in total. The fourth-order valence-electron chi connectivity index (χ4n) is 4.37.